The van der Waals surface area contributed by atoms with Crippen molar-refractivity contribution in [3.63, 3.8) is 0 Å². The number of ether oxygens (including phenoxy) is 1. The van der Waals surface area contributed by atoms with Crippen LogP contribution in [0.3, 0.4) is 0 Å². The van der Waals surface area contributed by atoms with E-state index >= 15 is 0 Å². The van der Waals surface area contributed by atoms with E-state index in [1.807, 2.05) is 6.92 Å². The molecular formula is C9H17NO3. The molecule has 1 heterocycles. The summed E-state index contributed by atoms with van der Waals surface area (Å²) in [5.41, 5.74) is 0. The number of hydrogen-bond acceptors (Lipinski definition) is 3. The van der Waals surface area contributed by atoms with Crippen molar-refractivity contribution >= 4 is 6.09 Å². The molecule has 1 amide bonds. The third-order valence-electron chi connectivity index (χ3n) is 2.57. The molecule has 0 bridgehead atoms. The average molecular weight is 187 g/mol. The first kappa shape index (κ1) is 10.3. The van der Waals surface area contributed by atoms with Gasteiger partial charge in [0, 0.05) is 6.54 Å². The van der Waals surface area contributed by atoms with E-state index in [-0.39, 0.29) is 12.1 Å². The first-order valence-corrected chi connectivity index (χ1v) is 4.73. The SMILES string of the molecule is CCC1C(O)CCCN1C(=O)OC. The van der Waals surface area contributed by atoms with Gasteiger partial charge in [0.25, 0.3) is 0 Å². The third-order valence-corrected chi connectivity index (χ3v) is 2.57. The quantitative estimate of drug-likeness (QED) is 0.666. The zero-order valence-corrected chi connectivity index (χ0v) is 8.19. The highest BCUT2D eigenvalue weighted by molar-refractivity contribution is 5.68. The van der Waals surface area contributed by atoms with Gasteiger partial charge in [-0.05, 0) is 19.3 Å². The van der Waals surface area contributed by atoms with Crippen LogP contribution < -0.4 is 0 Å². The minimum absolute atomic E-state index is 0.0683. The number of nitrogens with zero attached hydrogens (tertiary/aromatic N) is 1. The van der Waals surface area contributed by atoms with E-state index in [1.54, 1.807) is 4.90 Å². The number of aliphatic hydroxyl groups excluding tert-OH is 1. The third kappa shape index (κ3) is 2.12. The molecule has 0 spiro atoms. The van der Waals surface area contributed by atoms with Crippen molar-refractivity contribution in [2.24, 2.45) is 0 Å². The maximum absolute atomic E-state index is 11.3. The van der Waals surface area contributed by atoms with Crippen molar-refractivity contribution in [3.05, 3.63) is 0 Å². The van der Waals surface area contributed by atoms with E-state index < -0.39 is 6.10 Å². The lowest BCUT2D eigenvalue weighted by Crippen LogP contribution is -2.50. The summed E-state index contributed by atoms with van der Waals surface area (Å²) in [7, 11) is 1.37. The summed E-state index contributed by atoms with van der Waals surface area (Å²) in [6.07, 6.45) is 1.69. The summed E-state index contributed by atoms with van der Waals surface area (Å²) in [6.45, 7) is 2.66. The summed E-state index contributed by atoms with van der Waals surface area (Å²) in [4.78, 5) is 12.9. The summed E-state index contributed by atoms with van der Waals surface area (Å²) in [5.74, 6) is 0. The fourth-order valence-electron chi connectivity index (χ4n) is 1.87. The van der Waals surface area contributed by atoms with E-state index in [0.29, 0.717) is 6.54 Å². The molecule has 2 atom stereocenters. The Kier molecular flexibility index (Phi) is 3.54. The maximum Gasteiger partial charge on any atom is 0.409 e. The van der Waals surface area contributed by atoms with Gasteiger partial charge in [0.2, 0.25) is 0 Å². The van der Waals surface area contributed by atoms with Gasteiger partial charge in [-0.25, -0.2) is 4.79 Å². The normalized spacial score (nSPS) is 28.7. The van der Waals surface area contributed by atoms with Crippen LogP contribution in [-0.2, 0) is 4.74 Å². The van der Waals surface area contributed by atoms with Gasteiger partial charge >= 0.3 is 6.09 Å². The highest BCUT2D eigenvalue weighted by Gasteiger charge is 2.32. The molecule has 0 saturated carbocycles. The Hall–Kier alpha value is -0.770. The van der Waals surface area contributed by atoms with Crippen LogP contribution in [0.1, 0.15) is 26.2 Å². The summed E-state index contributed by atoms with van der Waals surface area (Å²) in [5, 5.41) is 9.63. The van der Waals surface area contributed by atoms with Gasteiger partial charge in [-0.1, -0.05) is 6.92 Å². The first-order chi connectivity index (χ1) is 6.20. The number of aliphatic hydroxyl groups is 1. The van der Waals surface area contributed by atoms with E-state index in [9.17, 15) is 9.90 Å². The summed E-state index contributed by atoms with van der Waals surface area (Å²) < 4.78 is 4.65. The van der Waals surface area contributed by atoms with Crippen LogP contribution in [0, 0.1) is 0 Å². The van der Waals surface area contributed by atoms with Gasteiger partial charge in [0.15, 0.2) is 0 Å². The molecule has 1 aliphatic rings. The standard InChI is InChI=1S/C9H17NO3/c1-3-7-8(11)5-4-6-10(7)9(12)13-2/h7-8,11H,3-6H2,1-2H3. The number of piperidine rings is 1. The predicted octanol–water partition coefficient (Wildman–Crippen LogP) is 0.988. The van der Waals surface area contributed by atoms with Crippen LogP contribution >= 0.6 is 0 Å². The Labute approximate surface area is 78.5 Å². The Morgan fingerprint density at radius 3 is 2.92 bits per heavy atom. The molecule has 0 aromatic carbocycles. The summed E-state index contributed by atoms with van der Waals surface area (Å²) in [6, 6.07) is -0.0683. The van der Waals surface area contributed by atoms with E-state index in [4.69, 9.17) is 0 Å². The second kappa shape index (κ2) is 4.46. The lowest BCUT2D eigenvalue weighted by molar-refractivity contribution is 0.00955. The molecule has 4 heteroatoms. The second-order valence-electron chi connectivity index (χ2n) is 3.35. The van der Waals surface area contributed by atoms with Crippen molar-refractivity contribution in [1.29, 1.82) is 0 Å². The molecule has 1 N–H and O–H groups in total. The number of likely N-dealkylation sites (tertiary alicyclic amines) is 1. The van der Waals surface area contributed by atoms with Gasteiger partial charge in [-0.2, -0.15) is 0 Å². The van der Waals surface area contributed by atoms with Gasteiger partial charge in [-0.15, -0.1) is 0 Å². The highest BCUT2D eigenvalue weighted by atomic mass is 16.5. The molecule has 0 radical (unpaired) electrons. The number of carbonyl (C=O) groups is 1. The van der Waals surface area contributed by atoms with E-state index in [2.05, 4.69) is 4.74 Å². The lowest BCUT2D eigenvalue weighted by atomic mass is 9.97. The molecule has 1 rings (SSSR count). The number of rotatable bonds is 1. The Morgan fingerprint density at radius 1 is 1.69 bits per heavy atom. The monoisotopic (exact) mass is 187 g/mol. The van der Waals surface area contributed by atoms with Crippen molar-refractivity contribution in [2.45, 2.75) is 38.3 Å². The maximum atomic E-state index is 11.3. The molecule has 1 saturated heterocycles. The number of hydrogen-bond donors (Lipinski definition) is 1. The zero-order valence-electron chi connectivity index (χ0n) is 8.19. The van der Waals surface area contributed by atoms with Crippen molar-refractivity contribution in [3.8, 4) is 0 Å². The molecule has 76 valence electrons. The van der Waals surface area contributed by atoms with Crippen LogP contribution in [0.5, 0.6) is 0 Å². The number of amides is 1. The van der Waals surface area contributed by atoms with Crippen molar-refractivity contribution in [1.82, 2.24) is 4.90 Å². The molecular weight excluding hydrogens is 170 g/mol. The zero-order chi connectivity index (χ0) is 9.84. The fourth-order valence-corrected chi connectivity index (χ4v) is 1.87. The molecule has 0 aromatic rings. The minimum Gasteiger partial charge on any atom is -0.453 e. The minimum atomic E-state index is -0.391. The largest absolute Gasteiger partial charge is 0.453 e. The van der Waals surface area contributed by atoms with Gasteiger partial charge < -0.3 is 14.7 Å². The molecule has 2 unspecified atom stereocenters. The van der Waals surface area contributed by atoms with E-state index in [0.717, 1.165) is 19.3 Å². The predicted molar refractivity (Wildman–Crippen MR) is 48.4 cm³/mol. The van der Waals surface area contributed by atoms with Crippen LogP contribution in [-0.4, -0.2) is 41.9 Å². The van der Waals surface area contributed by atoms with Gasteiger partial charge in [-0.3, -0.25) is 0 Å². The Bertz CT molecular complexity index is 184. The van der Waals surface area contributed by atoms with Crippen LogP contribution in [0.25, 0.3) is 0 Å². The molecule has 0 aromatic heterocycles. The van der Waals surface area contributed by atoms with Crippen LogP contribution in [0.15, 0.2) is 0 Å². The van der Waals surface area contributed by atoms with Crippen molar-refractivity contribution < 1.29 is 14.6 Å². The lowest BCUT2D eigenvalue weighted by Gasteiger charge is -2.37. The average Bonchev–Trinajstić information content (AvgIpc) is 2.16. The Balaban J connectivity index is 2.64. The second-order valence-corrected chi connectivity index (χ2v) is 3.35. The van der Waals surface area contributed by atoms with Gasteiger partial charge in [0.1, 0.15) is 0 Å². The molecule has 1 fully saturated rings. The molecule has 0 aliphatic carbocycles. The van der Waals surface area contributed by atoms with Gasteiger partial charge in [0.05, 0.1) is 19.3 Å². The smallest absolute Gasteiger partial charge is 0.409 e. The molecule has 1 aliphatic heterocycles. The number of methoxy groups -OCH3 is 1. The van der Waals surface area contributed by atoms with E-state index in [1.165, 1.54) is 7.11 Å². The molecule has 4 nitrogen and oxygen atoms in total. The highest BCUT2D eigenvalue weighted by Crippen LogP contribution is 2.20. The van der Waals surface area contributed by atoms with Crippen molar-refractivity contribution in [2.75, 3.05) is 13.7 Å². The van der Waals surface area contributed by atoms with Crippen LogP contribution in [0.4, 0.5) is 4.79 Å². The topological polar surface area (TPSA) is 49.8 Å². The number of carbonyl (C=O) groups excluding carboxylic acids is 1. The summed E-state index contributed by atoms with van der Waals surface area (Å²) >= 11 is 0. The van der Waals surface area contributed by atoms with Crippen LogP contribution in [0.2, 0.25) is 0 Å². The molecule has 13 heavy (non-hydrogen) atoms. The fraction of sp³-hybridized carbons (Fsp3) is 0.889. The Morgan fingerprint density at radius 2 is 2.38 bits per heavy atom. The first-order valence-electron chi connectivity index (χ1n) is 4.73.